The van der Waals surface area contributed by atoms with Crippen LogP contribution >= 0.6 is 0 Å². The van der Waals surface area contributed by atoms with Gasteiger partial charge in [-0.25, -0.2) is 0 Å². The SMILES string of the molecule is O=[N+]([O-])c1cccc(/C=N\N2CC[NH+](Cc3ccccc3)CC2)c1. The first-order valence-electron chi connectivity index (χ1n) is 8.11. The van der Waals surface area contributed by atoms with Crippen LogP contribution in [0.4, 0.5) is 5.69 Å². The quantitative estimate of drug-likeness (QED) is 0.512. The van der Waals surface area contributed by atoms with Crippen LogP contribution in [0.25, 0.3) is 0 Å². The molecule has 3 rings (SSSR count). The molecule has 1 fully saturated rings. The molecular formula is C18H21N4O2+. The van der Waals surface area contributed by atoms with E-state index in [0.29, 0.717) is 0 Å². The third kappa shape index (κ3) is 4.39. The first-order chi connectivity index (χ1) is 11.7. The molecule has 6 heteroatoms. The van der Waals surface area contributed by atoms with E-state index in [1.807, 2.05) is 17.1 Å². The van der Waals surface area contributed by atoms with E-state index in [0.717, 1.165) is 38.3 Å². The van der Waals surface area contributed by atoms with E-state index >= 15 is 0 Å². The van der Waals surface area contributed by atoms with Crippen molar-refractivity contribution in [2.45, 2.75) is 6.54 Å². The summed E-state index contributed by atoms with van der Waals surface area (Å²) in [5.74, 6) is 0. The summed E-state index contributed by atoms with van der Waals surface area (Å²) in [4.78, 5) is 12.0. The normalized spacial score (nSPS) is 15.8. The van der Waals surface area contributed by atoms with E-state index < -0.39 is 0 Å². The number of piperazine rings is 1. The zero-order valence-electron chi connectivity index (χ0n) is 13.5. The number of rotatable bonds is 5. The predicted octanol–water partition coefficient (Wildman–Crippen LogP) is 1.33. The maximum Gasteiger partial charge on any atom is 0.270 e. The van der Waals surface area contributed by atoms with E-state index in [2.05, 4.69) is 29.4 Å². The molecule has 1 N–H and O–H groups in total. The first-order valence-corrected chi connectivity index (χ1v) is 8.11. The van der Waals surface area contributed by atoms with Gasteiger partial charge in [-0.2, -0.15) is 5.10 Å². The van der Waals surface area contributed by atoms with E-state index in [4.69, 9.17) is 0 Å². The Kier molecular flexibility index (Phi) is 5.18. The molecule has 2 aromatic rings. The molecule has 0 radical (unpaired) electrons. The van der Waals surface area contributed by atoms with Gasteiger partial charge in [-0.05, 0) is 0 Å². The number of nitro benzene ring substituents is 1. The third-order valence-electron chi connectivity index (χ3n) is 4.20. The summed E-state index contributed by atoms with van der Waals surface area (Å²) < 4.78 is 0. The van der Waals surface area contributed by atoms with Crippen molar-refractivity contribution in [3.63, 3.8) is 0 Å². The van der Waals surface area contributed by atoms with Crippen LogP contribution < -0.4 is 4.90 Å². The maximum absolute atomic E-state index is 10.8. The van der Waals surface area contributed by atoms with Crippen molar-refractivity contribution in [1.82, 2.24) is 5.01 Å². The van der Waals surface area contributed by atoms with Crippen molar-refractivity contribution in [1.29, 1.82) is 0 Å². The van der Waals surface area contributed by atoms with Crippen molar-refractivity contribution in [2.24, 2.45) is 5.10 Å². The smallest absolute Gasteiger partial charge is 0.270 e. The van der Waals surface area contributed by atoms with Gasteiger partial charge in [0.1, 0.15) is 6.54 Å². The molecule has 1 saturated heterocycles. The average molecular weight is 325 g/mol. The van der Waals surface area contributed by atoms with E-state index in [1.54, 1.807) is 23.2 Å². The molecule has 1 aliphatic heterocycles. The lowest BCUT2D eigenvalue weighted by atomic mass is 10.2. The zero-order chi connectivity index (χ0) is 16.8. The highest BCUT2D eigenvalue weighted by molar-refractivity contribution is 5.80. The summed E-state index contributed by atoms with van der Waals surface area (Å²) in [6.45, 7) is 4.92. The summed E-state index contributed by atoms with van der Waals surface area (Å²) >= 11 is 0. The average Bonchev–Trinajstić information content (AvgIpc) is 2.62. The van der Waals surface area contributed by atoms with Crippen LogP contribution in [0.5, 0.6) is 0 Å². The highest BCUT2D eigenvalue weighted by Gasteiger charge is 2.18. The number of hydrogen-bond donors (Lipinski definition) is 1. The maximum atomic E-state index is 10.8. The second-order valence-corrected chi connectivity index (χ2v) is 5.96. The number of nitrogens with zero attached hydrogens (tertiary/aromatic N) is 3. The van der Waals surface area contributed by atoms with Gasteiger partial charge < -0.3 is 4.90 Å². The lowest BCUT2D eigenvalue weighted by molar-refractivity contribution is -0.918. The zero-order valence-corrected chi connectivity index (χ0v) is 13.5. The largest absolute Gasteiger partial charge is 0.328 e. The standard InChI is InChI=1S/C18H20N4O2/c23-22(24)18-8-4-7-17(13-18)14-19-21-11-9-20(10-12-21)15-16-5-2-1-3-6-16/h1-8,13-14H,9-12,15H2/p+1/b19-14-. The van der Waals surface area contributed by atoms with Crippen molar-refractivity contribution < 1.29 is 9.82 Å². The Morgan fingerprint density at radius 3 is 2.58 bits per heavy atom. The lowest BCUT2D eigenvalue weighted by Gasteiger charge is -2.30. The Morgan fingerprint density at radius 1 is 1.12 bits per heavy atom. The molecule has 1 heterocycles. The minimum absolute atomic E-state index is 0.0936. The molecule has 0 saturated carbocycles. The van der Waals surface area contributed by atoms with E-state index in [9.17, 15) is 10.1 Å². The van der Waals surface area contributed by atoms with Crippen LogP contribution in [0.15, 0.2) is 59.7 Å². The van der Waals surface area contributed by atoms with Gasteiger partial charge in [-0.15, -0.1) is 0 Å². The molecule has 0 amide bonds. The van der Waals surface area contributed by atoms with Gasteiger partial charge >= 0.3 is 0 Å². The first kappa shape index (κ1) is 16.1. The van der Waals surface area contributed by atoms with Gasteiger partial charge in [-0.3, -0.25) is 15.1 Å². The lowest BCUT2D eigenvalue weighted by Crippen LogP contribution is -3.13. The molecule has 124 valence electrons. The Balaban J connectivity index is 1.52. The van der Waals surface area contributed by atoms with Crippen LogP contribution in [-0.2, 0) is 6.54 Å². The molecule has 0 bridgehead atoms. The molecule has 24 heavy (non-hydrogen) atoms. The molecule has 0 spiro atoms. The van der Waals surface area contributed by atoms with Crippen LogP contribution in [0, 0.1) is 10.1 Å². The summed E-state index contributed by atoms with van der Waals surface area (Å²) in [5.41, 5.74) is 2.21. The summed E-state index contributed by atoms with van der Waals surface area (Å²) in [6, 6.07) is 17.1. The van der Waals surface area contributed by atoms with Crippen molar-refractivity contribution >= 4 is 11.9 Å². The summed E-state index contributed by atoms with van der Waals surface area (Å²) in [7, 11) is 0. The summed E-state index contributed by atoms with van der Waals surface area (Å²) in [5, 5.41) is 17.3. The predicted molar refractivity (Wildman–Crippen MR) is 93.1 cm³/mol. The number of hydrazone groups is 1. The number of nitro groups is 1. The second-order valence-electron chi connectivity index (χ2n) is 5.96. The number of non-ortho nitro benzene ring substituents is 1. The van der Waals surface area contributed by atoms with Gasteiger partial charge in [0.25, 0.3) is 5.69 Å². The number of quaternary nitrogens is 1. The Morgan fingerprint density at radius 2 is 1.88 bits per heavy atom. The van der Waals surface area contributed by atoms with E-state index in [-0.39, 0.29) is 10.6 Å². The molecule has 0 aliphatic carbocycles. The minimum Gasteiger partial charge on any atom is -0.328 e. The second kappa shape index (κ2) is 7.70. The highest BCUT2D eigenvalue weighted by atomic mass is 16.6. The van der Waals surface area contributed by atoms with Gasteiger partial charge in [0.15, 0.2) is 0 Å². The van der Waals surface area contributed by atoms with Gasteiger partial charge in [0, 0.05) is 23.3 Å². The van der Waals surface area contributed by atoms with Crippen molar-refractivity contribution in [2.75, 3.05) is 26.2 Å². The van der Waals surface area contributed by atoms with Crippen LogP contribution in [0.3, 0.4) is 0 Å². The molecule has 2 aromatic carbocycles. The summed E-state index contributed by atoms with van der Waals surface area (Å²) in [6.07, 6.45) is 1.70. The Hall–Kier alpha value is -2.73. The van der Waals surface area contributed by atoms with E-state index in [1.165, 1.54) is 11.6 Å². The Bertz CT molecular complexity index is 710. The van der Waals surface area contributed by atoms with Gasteiger partial charge in [0.2, 0.25) is 0 Å². The highest BCUT2D eigenvalue weighted by Crippen LogP contribution is 2.11. The molecule has 0 aromatic heterocycles. The molecule has 0 atom stereocenters. The number of hydrogen-bond acceptors (Lipinski definition) is 4. The van der Waals surface area contributed by atoms with Crippen LogP contribution in [-0.4, -0.2) is 42.3 Å². The topological polar surface area (TPSA) is 63.2 Å². The van der Waals surface area contributed by atoms with Gasteiger partial charge in [0.05, 0.1) is 37.3 Å². The van der Waals surface area contributed by atoms with Crippen molar-refractivity contribution in [3.8, 4) is 0 Å². The van der Waals surface area contributed by atoms with Gasteiger partial charge in [-0.1, -0.05) is 42.5 Å². The fourth-order valence-electron chi connectivity index (χ4n) is 2.85. The molecule has 1 aliphatic rings. The molecule has 0 unspecified atom stereocenters. The fraction of sp³-hybridized carbons (Fsp3) is 0.278. The molecule has 6 nitrogen and oxygen atoms in total. The fourth-order valence-corrected chi connectivity index (χ4v) is 2.85. The van der Waals surface area contributed by atoms with Crippen LogP contribution in [0.2, 0.25) is 0 Å². The Labute approximate surface area is 141 Å². The third-order valence-corrected chi connectivity index (χ3v) is 4.20. The minimum atomic E-state index is -0.386. The monoisotopic (exact) mass is 325 g/mol. The molecular weight excluding hydrogens is 304 g/mol. The van der Waals surface area contributed by atoms with Crippen LogP contribution in [0.1, 0.15) is 11.1 Å². The number of benzene rings is 2. The number of nitrogens with one attached hydrogen (secondary N) is 1. The van der Waals surface area contributed by atoms with Crippen molar-refractivity contribution in [3.05, 3.63) is 75.8 Å².